The van der Waals surface area contributed by atoms with Crippen LogP contribution >= 0.6 is 0 Å². The van der Waals surface area contributed by atoms with Gasteiger partial charge in [0.15, 0.2) is 0 Å². The molecule has 1 unspecified atom stereocenters. The zero-order chi connectivity index (χ0) is 15.3. The van der Waals surface area contributed by atoms with Gasteiger partial charge in [-0.25, -0.2) is 0 Å². The molecule has 21 heavy (non-hydrogen) atoms. The number of carbonyl (C=O) groups excluding carboxylic acids is 1. The van der Waals surface area contributed by atoms with Gasteiger partial charge in [0.2, 0.25) is 5.91 Å². The zero-order valence-corrected chi connectivity index (χ0v) is 12.9. The Morgan fingerprint density at radius 3 is 2.81 bits per heavy atom. The summed E-state index contributed by atoms with van der Waals surface area (Å²) in [7, 11) is 0. The van der Waals surface area contributed by atoms with E-state index in [1.807, 2.05) is 32.0 Å². The summed E-state index contributed by atoms with van der Waals surface area (Å²) in [6, 6.07) is 8.12. The maximum Gasteiger partial charge on any atom is 0.223 e. The van der Waals surface area contributed by atoms with E-state index in [0.717, 1.165) is 12.0 Å². The highest BCUT2D eigenvalue weighted by Gasteiger charge is 2.26. The Hall–Kier alpha value is -1.39. The van der Waals surface area contributed by atoms with E-state index < -0.39 is 5.60 Å². The van der Waals surface area contributed by atoms with Gasteiger partial charge in [-0.05, 0) is 30.4 Å². The van der Waals surface area contributed by atoms with Gasteiger partial charge in [-0.15, -0.1) is 0 Å². The number of nitrogens with one attached hydrogen (secondary N) is 1. The van der Waals surface area contributed by atoms with Crippen molar-refractivity contribution in [2.45, 2.75) is 51.2 Å². The highest BCUT2D eigenvalue weighted by Crippen LogP contribution is 2.29. The van der Waals surface area contributed by atoms with Gasteiger partial charge < -0.3 is 15.2 Å². The Kier molecular flexibility index (Phi) is 5.37. The highest BCUT2D eigenvalue weighted by molar-refractivity contribution is 5.76. The van der Waals surface area contributed by atoms with Crippen molar-refractivity contribution in [3.05, 3.63) is 35.4 Å². The number of amides is 1. The molecule has 2 N–H and O–H groups in total. The Morgan fingerprint density at radius 1 is 1.38 bits per heavy atom. The molecular formula is C17H25NO3. The zero-order valence-electron chi connectivity index (χ0n) is 12.9. The maximum atomic E-state index is 12.1. The fourth-order valence-electron chi connectivity index (χ4n) is 2.65. The summed E-state index contributed by atoms with van der Waals surface area (Å²) in [5.74, 6) is -0.0722. The first-order valence-corrected chi connectivity index (χ1v) is 7.76. The second kappa shape index (κ2) is 7.05. The van der Waals surface area contributed by atoms with Crippen molar-refractivity contribution in [2.24, 2.45) is 0 Å². The fourth-order valence-corrected chi connectivity index (χ4v) is 2.65. The molecule has 116 valence electrons. The topological polar surface area (TPSA) is 58.6 Å². The number of rotatable bonds is 6. The lowest BCUT2D eigenvalue weighted by atomic mass is 9.95. The molecule has 1 aromatic rings. The van der Waals surface area contributed by atoms with Crippen LogP contribution in [0.2, 0.25) is 0 Å². The number of ether oxygens (including phenoxy) is 1. The van der Waals surface area contributed by atoms with Gasteiger partial charge in [-0.2, -0.15) is 0 Å². The van der Waals surface area contributed by atoms with Crippen LogP contribution in [0.5, 0.6) is 0 Å². The molecule has 1 atom stereocenters. The first-order chi connectivity index (χ1) is 10.1. The van der Waals surface area contributed by atoms with Crippen LogP contribution < -0.4 is 5.32 Å². The molecule has 1 amide bonds. The highest BCUT2D eigenvalue weighted by atomic mass is 16.5. The third-order valence-electron chi connectivity index (χ3n) is 4.39. The van der Waals surface area contributed by atoms with Gasteiger partial charge in [0.1, 0.15) is 0 Å². The number of hydrogen-bond donors (Lipinski definition) is 2. The van der Waals surface area contributed by atoms with Gasteiger partial charge in [-0.3, -0.25) is 4.79 Å². The molecule has 0 spiro atoms. The van der Waals surface area contributed by atoms with E-state index >= 15 is 0 Å². The van der Waals surface area contributed by atoms with E-state index in [1.54, 1.807) is 0 Å². The lowest BCUT2D eigenvalue weighted by molar-refractivity contribution is -0.125. The summed E-state index contributed by atoms with van der Waals surface area (Å²) in [5, 5.41) is 13.0. The smallest absolute Gasteiger partial charge is 0.223 e. The van der Waals surface area contributed by atoms with Crippen molar-refractivity contribution in [2.75, 3.05) is 13.2 Å². The molecule has 0 fully saturated rings. The third kappa shape index (κ3) is 4.05. The molecule has 1 aliphatic rings. The monoisotopic (exact) mass is 291 g/mol. The van der Waals surface area contributed by atoms with Crippen LogP contribution in [0, 0.1) is 0 Å². The fraction of sp³-hybridized carbons (Fsp3) is 0.588. The average Bonchev–Trinajstić information content (AvgIpc) is 2.53. The average molecular weight is 291 g/mol. The lowest BCUT2D eigenvalue weighted by Crippen LogP contribution is -2.42. The van der Waals surface area contributed by atoms with E-state index in [9.17, 15) is 9.90 Å². The molecule has 0 saturated heterocycles. The van der Waals surface area contributed by atoms with Crippen molar-refractivity contribution >= 4 is 5.91 Å². The predicted octanol–water partition coefficient (Wildman–Crippen LogP) is 2.36. The number of fused-ring (bicyclic) bond motifs is 1. The van der Waals surface area contributed by atoms with Gasteiger partial charge in [0.25, 0.3) is 0 Å². The molecule has 0 aromatic heterocycles. The standard InChI is InChI=1S/C17H25NO3/c1-3-17(20,4-2)12-18-16(19)11-15-14-8-6-5-7-13(14)9-10-21-15/h5-8,15,20H,3-4,9-12H2,1-2H3,(H,18,19). The first kappa shape index (κ1) is 16.0. The van der Waals surface area contributed by atoms with Crippen molar-refractivity contribution < 1.29 is 14.6 Å². The molecule has 4 nitrogen and oxygen atoms in total. The second-order valence-electron chi connectivity index (χ2n) is 5.72. The molecule has 1 aliphatic heterocycles. The summed E-state index contributed by atoms with van der Waals surface area (Å²) in [5.41, 5.74) is 1.57. The Balaban J connectivity index is 1.92. The van der Waals surface area contributed by atoms with Gasteiger partial charge >= 0.3 is 0 Å². The molecule has 0 bridgehead atoms. The molecule has 0 aliphatic carbocycles. The van der Waals surface area contributed by atoms with Gasteiger partial charge in [-0.1, -0.05) is 38.1 Å². The van der Waals surface area contributed by atoms with E-state index in [-0.39, 0.29) is 12.0 Å². The minimum Gasteiger partial charge on any atom is -0.388 e. The number of aliphatic hydroxyl groups is 1. The minimum absolute atomic E-state index is 0.0722. The van der Waals surface area contributed by atoms with Gasteiger partial charge in [0.05, 0.1) is 24.7 Å². The largest absolute Gasteiger partial charge is 0.388 e. The summed E-state index contributed by atoms with van der Waals surface area (Å²) < 4.78 is 5.74. The first-order valence-electron chi connectivity index (χ1n) is 7.76. The third-order valence-corrected chi connectivity index (χ3v) is 4.39. The number of carbonyl (C=O) groups is 1. The van der Waals surface area contributed by atoms with E-state index in [4.69, 9.17) is 4.74 Å². The Morgan fingerprint density at radius 2 is 2.10 bits per heavy atom. The molecule has 0 saturated carbocycles. The minimum atomic E-state index is -0.805. The SMILES string of the molecule is CCC(O)(CC)CNC(=O)CC1OCCc2ccccc21. The van der Waals surface area contributed by atoms with E-state index in [0.29, 0.717) is 32.4 Å². The van der Waals surface area contributed by atoms with Crippen LogP contribution in [0.15, 0.2) is 24.3 Å². The lowest BCUT2D eigenvalue weighted by Gasteiger charge is -2.28. The summed E-state index contributed by atoms with van der Waals surface area (Å²) in [4.78, 5) is 12.1. The molecular weight excluding hydrogens is 266 g/mol. The van der Waals surface area contributed by atoms with Crippen LogP contribution in [-0.4, -0.2) is 29.8 Å². The Bertz CT molecular complexity index is 483. The second-order valence-corrected chi connectivity index (χ2v) is 5.72. The van der Waals surface area contributed by atoms with Crippen molar-refractivity contribution in [1.29, 1.82) is 0 Å². The summed E-state index contributed by atoms with van der Waals surface area (Å²) >= 11 is 0. The Labute approximate surface area is 126 Å². The van der Waals surface area contributed by atoms with Crippen LogP contribution in [0.3, 0.4) is 0 Å². The molecule has 4 heteroatoms. The van der Waals surface area contributed by atoms with Crippen LogP contribution in [0.1, 0.15) is 50.3 Å². The molecule has 0 radical (unpaired) electrons. The maximum absolute atomic E-state index is 12.1. The summed E-state index contributed by atoms with van der Waals surface area (Å²) in [6.07, 6.45) is 2.30. The van der Waals surface area contributed by atoms with Crippen molar-refractivity contribution in [1.82, 2.24) is 5.32 Å². The quantitative estimate of drug-likeness (QED) is 0.846. The van der Waals surface area contributed by atoms with Crippen molar-refractivity contribution in [3.8, 4) is 0 Å². The van der Waals surface area contributed by atoms with E-state index in [1.165, 1.54) is 5.56 Å². The van der Waals surface area contributed by atoms with Crippen LogP contribution in [0.25, 0.3) is 0 Å². The van der Waals surface area contributed by atoms with Crippen LogP contribution in [0.4, 0.5) is 0 Å². The summed E-state index contributed by atoms with van der Waals surface area (Å²) in [6.45, 7) is 4.81. The molecule has 1 aromatic carbocycles. The molecule has 1 heterocycles. The van der Waals surface area contributed by atoms with E-state index in [2.05, 4.69) is 11.4 Å². The van der Waals surface area contributed by atoms with Gasteiger partial charge in [0, 0.05) is 6.54 Å². The van der Waals surface area contributed by atoms with Crippen molar-refractivity contribution in [3.63, 3.8) is 0 Å². The van der Waals surface area contributed by atoms with Crippen LogP contribution in [-0.2, 0) is 16.0 Å². The normalized spacial score (nSPS) is 18.1. The number of hydrogen-bond acceptors (Lipinski definition) is 3. The number of benzene rings is 1. The predicted molar refractivity (Wildman–Crippen MR) is 82.0 cm³/mol. The molecule has 2 rings (SSSR count).